The molecule has 2 heterocycles. The number of aromatic nitrogens is 1. The van der Waals surface area contributed by atoms with Crippen LogP contribution in [0.4, 0.5) is 0 Å². The minimum absolute atomic E-state index is 0.207. The number of Topliss-reactive ketones (excluding diaryl/α,β-unsaturated/α-hetero) is 1. The zero-order valence-corrected chi connectivity index (χ0v) is 14.0. The Morgan fingerprint density at radius 3 is 2.60 bits per heavy atom. The van der Waals surface area contributed by atoms with Gasteiger partial charge in [0.15, 0.2) is 5.76 Å². The third-order valence-corrected chi connectivity index (χ3v) is 4.30. The summed E-state index contributed by atoms with van der Waals surface area (Å²) in [5.41, 5.74) is 0.891. The van der Waals surface area contributed by atoms with E-state index < -0.39 is 5.97 Å². The number of carbonyl (C=O) groups excluding carboxylic acids is 2. The number of thiazole rings is 1. The van der Waals surface area contributed by atoms with Crippen molar-refractivity contribution in [3.05, 3.63) is 79.1 Å². The smallest absolute Gasteiger partial charge is 0.337 e. The van der Waals surface area contributed by atoms with Crippen LogP contribution in [0.5, 0.6) is 0 Å². The minimum Gasteiger partial charge on any atom is -0.465 e. The Morgan fingerprint density at radius 1 is 1.20 bits per heavy atom. The van der Waals surface area contributed by atoms with Crippen molar-refractivity contribution in [3.8, 4) is 0 Å². The molecule has 0 fully saturated rings. The first-order valence-electron chi connectivity index (χ1n) is 7.25. The average molecular weight is 355 g/mol. The van der Waals surface area contributed by atoms with Crippen LogP contribution in [-0.2, 0) is 4.74 Å². The Labute approximate surface area is 145 Å². The molecule has 0 aliphatic heterocycles. The van der Waals surface area contributed by atoms with E-state index in [2.05, 4.69) is 9.72 Å². The van der Waals surface area contributed by atoms with Crippen molar-refractivity contribution in [2.24, 2.45) is 0 Å². The number of hydrogen-bond donors (Lipinski definition) is 1. The van der Waals surface area contributed by atoms with Gasteiger partial charge in [0.2, 0.25) is 5.78 Å². The van der Waals surface area contributed by atoms with E-state index in [-0.39, 0.29) is 17.1 Å². The van der Waals surface area contributed by atoms with Gasteiger partial charge in [-0.05, 0) is 35.9 Å². The molecule has 0 unspecified atom stereocenters. The Hall–Kier alpha value is -3.19. The highest BCUT2D eigenvalue weighted by molar-refractivity contribution is 7.07. The molecule has 3 aromatic rings. The fourth-order valence-corrected chi connectivity index (χ4v) is 3.00. The lowest BCUT2D eigenvalue weighted by molar-refractivity contribution is 0.0600. The normalized spacial score (nSPS) is 12.4. The molecule has 0 saturated carbocycles. The number of nitrogens with one attached hydrogen (secondary N) is 1. The average Bonchev–Trinajstić information content (AvgIpc) is 3.25. The zero-order valence-electron chi connectivity index (χ0n) is 13.1. The maximum Gasteiger partial charge on any atom is 0.337 e. The molecule has 126 valence electrons. The predicted octanol–water partition coefficient (Wildman–Crippen LogP) is 1.31. The van der Waals surface area contributed by atoms with Crippen LogP contribution in [0, 0.1) is 0 Å². The Morgan fingerprint density at radius 2 is 1.96 bits per heavy atom. The van der Waals surface area contributed by atoms with Gasteiger partial charge in [0, 0.05) is 6.08 Å². The molecule has 7 heteroatoms. The molecule has 1 aromatic carbocycles. The number of hydrogen-bond acceptors (Lipinski definition) is 6. The van der Waals surface area contributed by atoms with E-state index in [0.29, 0.717) is 14.8 Å². The van der Waals surface area contributed by atoms with Gasteiger partial charge in [-0.3, -0.25) is 9.59 Å². The number of benzene rings is 1. The number of carbonyl (C=O) groups is 2. The van der Waals surface area contributed by atoms with Crippen molar-refractivity contribution in [2.75, 3.05) is 7.11 Å². The summed E-state index contributed by atoms with van der Waals surface area (Å²) < 4.78 is 10.5. The lowest BCUT2D eigenvalue weighted by Crippen LogP contribution is -2.20. The first-order valence-corrected chi connectivity index (χ1v) is 8.07. The van der Waals surface area contributed by atoms with Crippen LogP contribution in [0.25, 0.3) is 12.2 Å². The van der Waals surface area contributed by atoms with Crippen LogP contribution in [0.1, 0.15) is 26.5 Å². The van der Waals surface area contributed by atoms with E-state index in [0.717, 1.165) is 16.9 Å². The van der Waals surface area contributed by atoms with Crippen molar-refractivity contribution in [1.82, 2.24) is 4.98 Å². The first-order chi connectivity index (χ1) is 12.1. The molecular weight excluding hydrogens is 342 g/mol. The van der Waals surface area contributed by atoms with Crippen molar-refractivity contribution >= 4 is 35.2 Å². The van der Waals surface area contributed by atoms with Crippen molar-refractivity contribution in [1.29, 1.82) is 0 Å². The Balaban J connectivity index is 1.92. The summed E-state index contributed by atoms with van der Waals surface area (Å²) >= 11 is 1.16. The molecule has 0 aliphatic carbocycles. The predicted molar refractivity (Wildman–Crippen MR) is 93.0 cm³/mol. The van der Waals surface area contributed by atoms with Crippen LogP contribution >= 0.6 is 11.3 Å². The van der Waals surface area contributed by atoms with Crippen LogP contribution in [-0.4, -0.2) is 23.8 Å². The highest BCUT2D eigenvalue weighted by Crippen LogP contribution is 2.06. The summed E-state index contributed by atoms with van der Waals surface area (Å²) in [5.74, 6) is -0.538. The van der Waals surface area contributed by atoms with E-state index in [1.165, 1.54) is 19.4 Å². The summed E-state index contributed by atoms with van der Waals surface area (Å²) in [4.78, 5) is 38.0. The fourth-order valence-electron chi connectivity index (χ4n) is 2.12. The van der Waals surface area contributed by atoms with Gasteiger partial charge in [0.05, 0.1) is 28.1 Å². The van der Waals surface area contributed by atoms with Gasteiger partial charge in [0.1, 0.15) is 0 Å². The third-order valence-electron chi connectivity index (χ3n) is 3.34. The summed E-state index contributed by atoms with van der Waals surface area (Å²) in [6, 6.07) is 9.83. The van der Waals surface area contributed by atoms with Gasteiger partial charge in [-0.2, -0.15) is 0 Å². The second-order valence-electron chi connectivity index (χ2n) is 5.03. The lowest BCUT2D eigenvalue weighted by atomic mass is 10.1. The van der Waals surface area contributed by atoms with E-state index in [4.69, 9.17) is 4.42 Å². The van der Waals surface area contributed by atoms with Crippen LogP contribution < -0.4 is 14.8 Å². The Kier molecular flexibility index (Phi) is 4.76. The maximum atomic E-state index is 12.0. The summed E-state index contributed by atoms with van der Waals surface area (Å²) in [5, 5.41) is 0. The fraction of sp³-hybridized carbons (Fsp3) is 0.0556. The molecule has 25 heavy (non-hydrogen) atoms. The van der Waals surface area contributed by atoms with Crippen LogP contribution in [0.15, 0.2) is 51.9 Å². The van der Waals surface area contributed by atoms with Crippen molar-refractivity contribution in [3.63, 3.8) is 0 Å². The third kappa shape index (κ3) is 3.84. The van der Waals surface area contributed by atoms with E-state index in [1.54, 1.807) is 42.5 Å². The summed E-state index contributed by atoms with van der Waals surface area (Å²) in [6.07, 6.45) is 4.41. The van der Waals surface area contributed by atoms with E-state index >= 15 is 0 Å². The first kappa shape index (κ1) is 16.7. The number of methoxy groups -OCH3 is 1. The van der Waals surface area contributed by atoms with Gasteiger partial charge >= 0.3 is 5.97 Å². The molecule has 6 nitrogen and oxygen atoms in total. The van der Waals surface area contributed by atoms with Gasteiger partial charge < -0.3 is 14.1 Å². The second-order valence-corrected chi connectivity index (χ2v) is 6.11. The Bertz CT molecular complexity index is 1070. The van der Waals surface area contributed by atoms with Gasteiger partial charge in [-0.25, -0.2) is 4.79 Å². The lowest BCUT2D eigenvalue weighted by Gasteiger charge is -1.98. The highest BCUT2D eigenvalue weighted by Gasteiger charge is 2.06. The number of ether oxygens (including phenoxy) is 1. The molecule has 0 spiro atoms. The number of ketones is 1. The number of furan rings is 1. The van der Waals surface area contributed by atoms with E-state index in [1.807, 2.05) is 0 Å². The molecule has 0 saturated heterocycles. The molecule has 0 aliphatic rings. The number of rotatable bonds is 4. The zero-order chi connectivity index (χ0) is 17.8. The van der Waals surface area contributed by atoms with Crippen molar-refractivity contribution < 1.29 is 18.7 Å². The van der Waals surface area contributed by atoms with Crippen molar-refractivity contribution in [2.45, 2.75) is 0 Å². The SMILES string of the molecule is COC(=O)c1ccc(/C=c2/s/c(=C\C(=O)c3ccco3)[nH]c2=O)cc1. The van der Waals surface area contributed by atoms with Crippen LogP contribution in [0.2, 0.25) is 0 Å². The number of aromatic amines is 1. The topological polar surface area (TPSA) is 89.4 Å². The number of H-pyrrole nitrogens is 1. The molecular formula is C18H13NO5S. The minimum atomic E-state index is -0.422. The van der Waals surface area contributed by atoms with Crippen LogP contribution in [0.3, 0.4) is 0 Å². The molecule has 1 N–H and O–H groups in total. The molecule has 0 atom stereocenters. The summed E-state index contributed by atoms with van der Waals surface area (Å²) in [7, 11) is 1.32. The second kappa shape index (κ2) is 7.14. The van der Waals surface area contributed by atoms with Gasteiger partial charge in [-0.1, -0.05) is 12.1 Å². The molecule has 2 aromatic heterocycles. The molecule has 0 amide bonds. The van der Waals surface area contributed by atoms with Gasteiger partial charge in [0.25, 0.3) is 5.56 Å². The van der Waals surface area contributed by atoms with Gasteiger partial charge in [-0.15, -0.1) is 11.3 Å². The highest BCUT2D eigenvalue weighted by atomic mass is 32.1. The maximum absolute atomic E-state index is 12.0. The molecule has 3 rings (SSSR count). The molecule has 0 radical (unpaired) electrons. The quantitative estimate of drug-likeness (QED) is 0.563. The standard InChI is InChI=1S/C18H13NO5S/c1-23-18(22)12-6-4-11(5-7-12)9-15-17(21)19-16(25-15)10-13(20)14-3-2-8-24-14/h2-10H,1H3,(H,19,21)/b15-9+,16-10-. The molecule has 0 bridgehead atoms. The number of esters is 1. The monoisotopic (exact) mass is 355 g/mol. The summed E-state index contributed by atoms with van der Waals surface area (Å²) in [6.45, 7) is 0. The largest absolute Gasteiger partial charge is 0.465 e. The van der Waals surface area contributed by atoms with E-state index in [9.17, 15) is 14.4 Å².